The SMILES string of the molecule is Cc1ccc(-c2c(C)sc3nc(CSCc4ccc5c(c4)OCO5)[nH]c(=O)c23)cc1. The third kappa shape index (κ3) is 3.59. The van der Waals surface area contributed by atoms with Crippen LogP contribution in [0.5, 0.6) is 11.5 Å². The Morgan fingerprint density at radius 2 is 1.87 bits per heavy atom. The van der Waals surface area contributed by atoms with Crippen molar-refractivity contribution in [2.45, 2.75) is 25.4 Å². The van der Waals surface area contributed by atoms with E-state index < -0.39 is 0 Å². The lowest BCUT2D eigenvalue weighted by molar-refractivity contribution is 0.174. The van der Waals surface area contributed by atoms with Crippen molar-refractivity contribution in [2.24, 2.45) is 0 Å². The summed E-state index contributed by atoms with van der Waals surface area (Å²) in [7, 11) is 0. The highest BCUT2D eigenvalue weighted by molar-refractivity contribution is 7.97. The Bertz CT molecular complexity index is 1290. The number of thioether (sulfide) groups is 1. The van der Waals surface area contributed by atoms with Gasteiger partial charge in [-0.1, -0.05) is 35.9 Å². The molecule has 1 aliphatic heterocycles. The fourth-order valence-corrected chi connectivity index (χ4v) is 5.51. The minimum absolute atomic E-state index is 0.0707. The van der Waals surface area contributed by atoms with Gasteiger partial charge in [-0.3, -0.25) is 4.79 Å². The molecule has 2 aromatic heterocycles. The van der Waals surface area contributed by atoms with Crippen molar-refractivity contribution in [2.75, 3.05) is 6.79 Å². The standard InChI is InChI=1S/C23H20N2O3S2/c1-13-3-6-16(7-4-13)20-14(2)30-23-21(20)22(26)24-19(25-23)11-29-10-15-5-8-17-18(9-15)28-12-27-17/h3-9H,10-12H2,1-2H3,(H,24,25,26). The largest absolute Gasteiger partial charge is 0.454 e. The van der Waals surface area contributed by atoms with Gasteiger partial charge in [0.15, 0.2) is 11.5 Å². The van der Waals surface area contributed by atoms with E-state index in [2.05, 4.69) is 43.1 Å². The van der Waals surface area contributed by atoms with Crippen LogP contribution in [-0.4, -0.2) is 16.8 Å². The van der Waals surface area contributed by atoms with Gasteiger partial charge in [-0.2, -0.15) is 0 Å². The van der Waals surface area contributed by atoms with Gasteiger partial charge in [-0.15, -0.1) is 23.1 Å². The maximum atomic E-state index is 12.9. The maximum Gasteiger partial charge on any atom is 0.260 e. The molecule has 1 N–H and O–H groups in total. The Morgan fingerprint density at radius 1 is 1.07 bits per heavy atom. The molecule has 0 amide bonds. The van der Waals surface area contributed by atoms with Crippen LogP contribution in [0, 0.1) is 13.8 Å². The Morgan fingerprint density at radius 3 is 2.70 bits per heavy atom. The minimum atomic E-state index is -0.0707. The van der Waals surface area contributed by atoms with E-state index in [0.29, 0.717) is 17.0 Å². The van der Waals surface area contributed by atoms with E-state index in [1.807, 2.05) is 18.2 Å². The van der Waals surface area contributed by atoms with Gasteiger partial charge in [-0.25, -0.2) is 4.98 Å². The maximum absolute atomic E-state index is 12.9. The highest BCUT2D eigenvalue weighted by Gasteiger charge is 2.17. The molecule has 152 valence electrons. The number of aryl methyl sites for hydroxylation is 2. The van der Waals surface area contributed by atoms with Crippen molar-refractivity contribution in [3.63, 3.8) is 0 Å². The smallest absolute Gasteiger partial charge is 0.260 e. The number of nitrogens with zero attached hydrogens (tertiary/aromatic N) is 1. The van der Waals surface area contributed by atoms with E-state index in [1.165, 1.54) is 5.56 Å². The van der Waals surface area contributed by atoms with Gasteiger partial charge in [-0.05, 0) is 37.1 Å². The highest BCUT2D eigenvalue weighted by Crippen LogP contribution is 2.36. The van der Waals surface area contributed by atoms with Crippen molar-refractivity contribution < 1.29 is 9.47 Å². The first-order valence-corrected chi connectivity index (χ1v) is 11.6. The molecular weight excluding hydrogens is 416 g/mol. The van der Waals surface area contributed by atoms with Crippen LogP contribution in [0.15, 0.2) is 47.3 Å². The topological polar surface area (TPSA) is 64.2 Å². The van der Waals surface area contributed by atoms with Crippen LogP contribution in [-0.2, 0) is 11.5 Å². The van der Waals surface area contributed by atoms with Gasteiger partial charge in [0.2, 0.25) is 6.79 Å². The van der Waals surface area contributed by atoms with Crippen molar-refractivity contribution in [3.8, 4) is 22.6 Å². The van der Waals surface area contributed by atoms with Crippen LogP contribution >= 0.6 is 23.1 Å². The summed E-state index contributed by atoms with van der Waals surface area (Å²) >= 11 is 3.29. The Balaban J connectivity index is 1.37. The summed E-state index contributed by atoms with van der Waals surface area (Å²) in [5.41, 5.74) is 4.33. The average Bonchev–Trinajstić information content (AvgIpc) is 3.32. The van der Waals surface area contributed by atoms with E-state index in [9.17, 15) is 4.79 Å². The van der Waals surface area contributed by atoms with E-state index >= 15 is 0 Å². The lowest BCUT2D eigenvalue weighted by Gasteiger charge is -2.05. The van der Waals surface area contributed by atoms with Crippen LogP contribution < -0.4 is 15.0 Å². The van der Waals surface area contributed by atoms with Crippen molar-refractivity contribution in [1.29, 1.82) is 0 Å². The number of nitrogens with one attached hydrogen (secondary N) is 1. The second-order valence-electron chi connectivity index (χ2n) is 7.27. The van der Waals surface area contributed by atoms with Crippen molar-refractivity contribution >= 4 is 33.3 Å². The number of hydrogen-bond acceptors (Lipinski definition) is 6. The molecule has 4 aromatic rings. The van der Waals surface area contributed by atoms with Crippen molar-refractivity contribution in [3.05, 3.63) is 74.6 Å². The molecule has 7 heteroatoms. The second kappa shape index (κ2) is 7.81. The lowest BCUT2D eigenvalue weighted by atomic mass is 10.0. The second-order valence-corrected chi connectivity index (χ2v) is 9.46. The van der Waals surface area contributed by atoms with Gasteiger partial charge >= 0.3 is 0 Å². The first kappa shape index (κ1) is 19.2. The molecule has 30 heavy (non-hydrogen) atoms. The predicted molar refractivity (Wildman–Crippen MR) is 123 cm³/mol. The Labute approximate surface area is 182 Å². The van der Waals surface area contributed by atoms with E-state index in [-0.39, 0.29) is 12.4 Å². The zero-order valence-electron chi connectivity index (χ0n) is 16.7. The molecule has 0 saturated heterocycles. The lowest BCUT2D eigenvalue weighted by Crippen LogP contribution is -2.10. The summed E-state index contributed by atoms with van der Waals surface area (Å²) in [5, 5.41) is 0.686. The van der Waals surface area contributed by atoms with E-state index in [1.54, 1.807) is 23.1 Å². The molecule has 2 aromatic carbocycles. The molecule has 0 atom stereocenters. The molecule has 0 bridgehead atoms. The molecule has 5 nitrogen and oxygen atoms in total. The van der Waals surface area contributed by atoms with Crippen LogP contribution in [0.2, 0.25) is 0 Å². The molecule has 0 spiro atoms. The molecular formula is C23H20N2O3S2. The van der Waals surface area contributed by atoms with Crippen molar-refractivity contribution in [1.82, 2.24) is 9.97 Å². The van der Waals surface area contributed by atoms with Gasteiger partial charge in [0.25, 0.3) is 5.56 Å². The van der Waals surface area contributed by atoms with Crippen LogP contribution in [0.4, 0.5) is 0 Å². The molecule has 0 radical (unpaired) electrons. The van der Waals surface area contributed by atoms with E-state index in [0.717, 1.165) is 43.6 Å². The Hall–Kier alpha value is -2.77. The number of aromatic nitrogens is 2. The molecule has 3 heterocycles. The number of thiophene rings is 1. The number of hydrogen-bond donors (Lipinski definition) is 1. The molecule has 0 unspecified atom stereocenters. The predicted octanol–water partition coefficient (Wildman–Crippen LogP) is 5.43. The molecule has 1 aliphatic rings. The average molecular weight is 437 g/mol. The number of ether oxygens (including phenoxy) is 2. The number of aromatic amines is 1. The van der Waals surface area contributed by atoms with Gasteiger partial charge in [0.05, 0.1) is 11.1 Å². The number of rotatable bonds is 5. The highest BCUT2D eigenvalue weighted by atomic mass is 32.2. The first-order chi connectivity index (χ1) is 14.6. The summed E-state index contributed by atoms with van der Waals surface area (Å²) in [5.74, 6) is 3.72. The van der Waals surface area contributed by atoms with Crippen LogP contribution in [0.25, 0.3) is 21.3 Å². The number of benzene rings is 2. The minimum Gasteiger partial charge on any atom is -0.454 e. The molecule has 0 fully saturated rings. The zero-order chi connectivity index (χ0) is 20.7. The monoisotopic (exact) mass is 436 g/mol. The molecule has 5 rings (SSSR count). The summed E-state index contributed by atoms with van der Waals surface area (Å²) in [4.78, 5) is 22.5. The summed E-state index contributed by atoms with van der Waals surface area (Å²) in [6.45, 7) is 4.39. The first-order valence-electron chi connectivity index (χ1n) is 9.64. The van der Waals surface area contributed by atoms with Gasteiger partial charge in [0, 0.05) is 16.2 Å². The normalized spacial score (nSPS) is 12.6. The van der Waals surface area contributed by atoms with Gasteiger partial charge < -0.3 is 14.5 Å². The quantitative estimate of drug-likeness (QED) is 0.452. The molecule has 0 aliphatic carbocycles. The van der Waals surface area contributed by atoms with E-state index in [4.69, 9.17) is 14.5 Å². The molecule has 0 saturated carbocycles. The Kier molecular flexibility index (Phi) is 5.00. The zero-order valence-corrected chi connectivity index (χ0v) is 18.3. The number of H-pyrrole nitrogens is 1. The third-order valence-electron chi connectivity index (χ3n) is 5.07. The fourth-order valence-electron chi connectivity index (χ4n) is 3.60. The van der Waals surface area contributed by atoms with Gasteiger partial charge in [0.1, 0.15) is 10.7 Å². The third-order valence-corrected chi connectivity index (χ3v) is 7.09. The summed E-state index contributed by atoms with van der Waals surface area (Å²) in [6, 6.07) is 14.3. The summed E-state index contributed by atoms with van der Waals surface area (Å²) < 4.78 is 10.8. The summed E-state index contributed by atoms with van der Waals surface area (Å²) in [6.07, 6.45) is 0. The fraction of sp³-hybridized carbons (Fsp3) is 0.217. The van der Waals surface area contributed by atoms with Crippen LogP contribution in [0.1, 0.15) is 21.8 Å². The number of fused-ring (bicyclic) bond motifs is 2. The van der Waals surface area contributed by atoms with Crippen LogP contribution in [0.3, 0.4) is 0 Å².